The number of aromatic nitrogens is 1. The molecule has 3 rings (SSSR count). The standard InChI is InChI=1S/C13H18N2O2/c1-3-7-14-12(5-1)15-9-11(10-15)17-13-6-2-4-8-16-13/h1,3,5,7,11,13H,2,4,6,8-10H2. The zero-order valence-electron chi connectivity index (χ0n) is 9.92. The fourth-order valence-corrected chi connectivity index (χ4v) is 2.29. The molecule has 92 valence electrons. The maximum absolute atomic E-state index is 5.89. The molecule has 0 saturated carbocycles. The van der Waals surface area contributed by atoms with E-state index in [2.05, 4.69) is 9.88 Å². The van der Waals surface area contributed by atoms with Gasteiger partial charge in [-0.05, 0) is 31.4 Å². The van der Waals surface area contributed by atoms with Gasteiger partial charge < -0.3 is 14.4 Å². The minimum absolute atomic E-state index is 0.0274. The highest BCUT2D eigenvalue weighted by Gasteiger charge is 2.31. The van der Waals surface area contributed by atoms with E-state index >= 15 is 0 Å². The first-order chi connectivity index (χ1) is 8.42. The molecule has 2 aliphatic heterocycles. The lowest BCUT2D eigenvalue weighted by molar-refractivity contribution is -0.191. The third kappa shape index (κ3) is 2.58. The third-order valence-electron chi connectivity index (χ3n) is 3.30. The average Bonchev–Trinajstić information content (AvgIpc) is 2.36. The van der Waals surface area contributed by atoms with E-state index in [1.165, 1.54) is 12.8 Å². The molecule has 0 aliphatic carbocycles. The summed E-state index contributed by atoms with van der Waals surface area (Å²) in [6, 6.07) is 5.99. The van der Waals surface area contributed by atoms with Crippen LogP contribution >= 0.6 is 0 Å². The predicted molar refractivity (Wildman–Crippen MR) is 64.9 cm³/mol. The first kappa shape index (κ1) is 11.0. The van der Waals surface area contributed by atoms with E-state index in [4.69, 9.17) is 9.47 Å². The van der Waals surface area contributed by atoms with Gasteiger partial charge in [-0.15, -0.1) is 0 Å². The van der Waals surface area contributed by atoms with Gasteiger partial charge in [-0.1, -0.05) is 6.07 Å². The Kier molecular flexibility index (Phi) is 3.25. The van der Waals surface area contributed by atoms with Gasteiger partial charge >= 0.3 is 0 Å². The molecule has 1 aromatic heterocycles. The average molecular weight is 234 g/mol. The molecule has 2 aliphatic rings. The van der Waals surface area contributed by atoms with Crippen molar-refractivity contribution in [3.8, 4) is 0 Å². The summed E-state index contributed by atoms with van der Waals surface area (Å²) in [6.07, 6.45) is 5.60. The molecule has 1 aromatic rings. The molecule has 0 spiro atoms. The summed E-state index contributed by atoms with van der Waals surface area (Å²) in [5.41, 5.74) is 0. The lowest BCUT2D eigenvalue weighted by Gasteiger charge is -2.41. The van der Waals surface area contributed by atoms with E-state index < -0.39 is 0 Å². The molecule has 0 bridgehead atoms. The normalized spacial score (nSPS) is 25.6. The van der Waals surface area contributed by atoms with Gasteiger partial charge in [0.15, 0.2) is 6.29 Å². The Morgan fingerprint density at radius 1 is 1.29 bits per heavy atom. The number of hydrogen-bond donors (Lipinski definition) is 0. The van der Waals surface area contributed by atoms with Crippen LogP contribution in [0.15, 0.2) is 24.4 Å². The molecule has 4 heteroatoms. The van der Waals surface area contributed by atoms with Crippen LogP contribution in [0.5, 0.6) is 0 Å². The largest absolute Gasteiger partial charge is 0.353 e. The van der Waals surface area contributed by atoms with Gasteiger partial charge in [0, 0.05) is 25.9 Å². The maximum atomic E-state index is 5.89. The molecular formula is C13H18N2O2. The summed E-state index contributed by atoms with van der Waals surface area (Å²) >= 11 is 0. The first-order valence-electron chi connectivity index (χ1n) is 6.35. The summed E-state index contributed by atoms with van der Waals surface area (Å²) in [5.74, 6) is 1.04. The van der Waals surface area contributed by atoms with Crippen LogP contribution in [0.1, 0.15) is 19.3 Å². The lowest BCUT2D eigenvalue weighted by Crippen LogP contribution is -2.54. The molecular weight excluding hydrogens is 216 g/mol. The SMILES string of the molecule is c1ccc(N2CC(OC3CCCCO3)C2)nc1. The van der Waals surface area contributed by atoms with E-state index in [0.29, 0.717) is 6.10 Å². The lowest BCUT2D eigenvalue weighted by atomic mass is 10.1. The van der Waals surface area contributed by atoms with Crippen molar-refractivity contribution in [2.45, 2.75) is 31.7 Å². The van der Waals surface area contributed by atoms with Gasteiger partial charge in [-0.25, -0.2) is 4.98 Å². The number of anilines is 1. The van der Waals surface area contributed by atoms with Crippen LogP contribution in [0.3, 0.4) is 0 Å². The Balaban J connectivity index is 1.45. The van der Waals surface area contributed by atoms with Crippen molar-refractivity contribution >= 4 is 5.82 Å². The van der Waals surface area contributed by atoms with Crippen molar-refractivity contribution in [1.29, 1.82) is 0 Å². The maximum Gasteiger partial charge on any atom is 0.158 e. The monoisotopic (exact) mass is 234 g/mol. The van der Waals surface area contributed by atoms with E-state index in [9.17, 15) is 0 Å². The fourth-order valence-electron chi connectivity index (χ4n) is 2.29. The molecule has 3 heterocycles. The molecule has 2 saturated heterocycles. The number of rotatable bonds is 3. The van der Waals surface area contributed by atoms with Crippen LogP contribution in [0.4, 0.5) is 5.82 Å². The molecule has 0 amide bonds. The molecule has 0 N–H and O–H groups in total. The Labute approximate surface area is 102 Å². The van der Waals surface area contributed by atoms with Crippen LogP contribution in [0, 0.1) is 0 Å². The summed E-state index contributed by atoms with van der Waals surface area (Å²) in [5, 5.41) is 0. The highest BCUT2D eigenvalue weighted by molar-refractivity contribution is 5.41. The fraction of sp³-hybridized carbons (Fsp3) is 0.615. The minimum Gasteiger partial charge on any atom is -0.353 e. The van der Waals surface area contributed by atoms with Crippen LogP contribution in [-0.2, 0) is 9.47 Å². The van der Waals surface area contributed by atoms with Crippen molar-refractivity contribution in [3.05, 3.63) is 24.4 Å². The van der Waals surface area contributed by atoms with E-state index in [-0.39, 0.29) is 6.29 Å². The molecule has 17 heavy (non-hydrogen) atoms. The zero-order valence-corrected chi connectivity index (χ0v) is 9.92. The van der Waals surface area contributed by atoms with E-state index in [1.807, 2.05) is 24.4 Å². The second-order valence-electron chi connectivity index (χ2n) is 4.65. The Bertz CT molecular complexity index is 346. The Hall–Kier alpha value is -1.13. The van der Waals surface area contributed by atoms with E-state index in [1.54, 1.807) is 0 Å². The van der Waals surface area contributed by atoms with Crippen molar-refractivity contribution in [2.75, 3.05) is 24.6 Å². The highest BCUT2D eigenvalue weighted by Crippen LogP contribution is 2.23. The quantitative estimate of drug-likeness (QED) is 0.799. The van der Waals surface area contributed by atoms with Gasteiger partial charge in [0.1, 0.15) is 5.82 Å². The molecule has 4 nitrogen and oxygen atoms in total. The van der Waals surface area contributed by atoms with Crippen molar-refractivity contribution in [3.63, 3.8) is 0 Å². The van der Waals surface area contributed by atoms with Crippen molar-refractivity contribution < 1.29 is 9.47 Å². The topological polar surface area (TPSA) is 34.6 Å². The van der Waals surface area contributed by atoms with Gasteiger partial charge in [0.05, 0.1) is 6.10 Å². The van der Waals surface area contributed by atoms with Gasteiger partial charge in [0.2, 0.25) is 0 Å². The van der Waals surface area contributed by atoms with Crippen molar-refractivity contribution in [2.24, 2.45) is 0 Å². The summed E-state index contributed by atoms with van der Waals surface area (Å²) < 4.78 is 11.5. The zero-order chi connectivity index (χ0) is 11.5. The van der Waals surface area contributed by atoms with Gasteiger partial charge in [-0.2, -0.15) is 0 Å². The number of hydrogen-bond acceptors (Lipinski definition) is 4. The molecule has 0 aromatic carbocycles. The number of nitrogens with zero attached hydrogens (tertiary/aromatic N) is 2. The Morgan fingerprint density at radius 3 is 2.94 bits per heavy atom. The summed E-state index contributed by atoms with van der Waals surface area (Å²) in [7, 11) is 0. The smallest absolute Gasteiger partial charge is 0.158 e. The van der Waals surface area contributed by atoms with Crippen molar-refractivity contribution in [1.82, 2.24) is 4.98 Å². The van der Waals surface area contributed by atoms with Crippen LogP contribution in [-0.4, -0.2) is 37.1 Å². The molecule has 2 fully saturated rings. The minimum atomic E-state index is 0.0274. The number of pyridine rings is 1. The predicted octanol–water partition coefficient (Wildman–Crippen LogP) is 1.81. The molecule has 0 radical (unpaired) electrons. The number of ether oxygens (including phenoxy) is 2. The van der Waals surface area contributed by atoms with Gasteiger partial charge in [-0.3, -0.25) is 0 Å². The van der Waals surface area contributed by atoms with E-state index in [0.717, 1.165) is 31.9 Å². The highest BCUT2D eigenvalue weighted by atomic mass is 16.7. The van der Waals surface area contributed by atoms with Crippen LogP contribution in [0.25, 0.3) is 0 Å². The first-order valence-corrected chi connectivity index (χ1v) is 6.35. The second kappa shape index (κ2) is 5.02. The summed E-state index contributed by atoms with van der Waals surface area (Å²) in [6.45, 7) is 2.70. The molecule has 1 atom stereocenters. The van der Waals surface area contributed by atoms with Gasteiger partial charge in [0.25, 0.3) is 0 Å². The third-order valence-corrected chi connectivity index (χ3v) is 3.30. The molecule has 1 unspecified atom stereocenters. The van der Waals surface area contributed by atoms with Crippen LogP contribution in [0.2, 0.25) is 0 Å². The Morgan fingerprint density at radius 2 is 2.24 bits per heavy atom. The second-order valence-corrected chi connectivity index (χ2v) is 4.65. The van der Waals surface area contributed by atoms with Crippen LogP contribution < -0.4 is 4.90 Å². The summed E-state index contributed by atoms with van der Waals surface area (Å²) in [4.78, 5) is 6.55.